The first-order valence-electron chi connectivity index (χ1n) is 15.1. The zero-order valence-corrected chi connectivity index (χ0v) is 24.6. The van der Waals surface area contributed by atoms with Gasteiger partial charge < -0.3 is 0 Å². The van der Waals surface area contributed by atoms with Crippen LogP contribution >= 0.6 is 0 Å². The van der Waals surface area contributed by atoms with E-state index in [-0.39, 0.29) is 5.41 Å². The molecule has 4 heteroatoms. The lowest BCUT2D eigenvalue weighted by Crippen LogP contribution is -2.20. The Balaban J connectivity index is 1.30. The Morgan fingerprint density at radius 3 is 1.86 bits per heavy atom. The number of nitrogens with zero attached hydrogens (tertiary/aromatic N) is 4. The van der Waals surface area contributed by atoms with E-state index in [9.17, 15) is 0 Å². The van der Waals surface area contributed by atoms with Gasteiger partial charge in [-0.1, -0.05) is 110 Å². The van der Waals surface area contributed by atoms with Crippen molar-refractivity contribution < 1.29 is 0 Å². The van der Waals surface area contributed by atoms with Gasteiger partial charge in [0.2, 0.25) is 0 Å². The van der Waals surface area contributed by atoms with E-state index in [0.29, 0.717) is 29.3 Å². The zero-order valence-electron chi connectivity index (χ0n) is 24.6. The molecule has 43 heavy (non-hydrogen) atoms. The molecule has 7 rings (SSSR count). The Kier molecular flexibility index (Phi) is 7.12. The van der Waals surface area contributed by atoms with Gasteiger partial charge in [-0.15, -0.1) is 0 Å². The standard InChI is InChI=1S/C39H34N4/c1-3-22-39(26-27(39)2)34-21-20-31(25-33(34)35-19-10-11-23-40-35)30-17-12-18-32(24-30)38-42-36(28-13-6-4-7-14-28)41-37(43-38)29-15-8-5-9-16-29/h3-20,22-25,27,34H,21,26H2,1-2H3. The summed E-state index contributed by atoms with van der Waals surface area (Å²) in [5, 5.41) is 0. The summed E-state index contributed by atoms with van der Waals surface area (Å²) in [6, 6.07) is 35.0. The highest BCUT2D eigenvalue weighted by molar-refractivity contribution is 5.87. The molecule has 3 atom stereocenters. The summed E-state index contributed by atoms with van der Waals surface area (Å²) >= 11 is 0. The van der Waals surface area contributed by atoms with Crippen LogP contribution in [-0.4, -0.2) is 19.9 Å². The van der Waals surface area contributed by atoms with Crippen LogP contribution < -0.4 is 0 Å². The largest absolute Gasteiger partial charge is 0.257 e. The van der Waals surface area contributed by atoms with Gasteiger partial charge in [0.15, 0.2) is 17.5 Å². The van der Waals surface area contributed by atoms with Crippen LogP contribution in [0.5, 0.6) is 0 Å². The van der Waals surface area contributed by atoms with Crippen LogP contribution in [0.25, 0.3) is 45.3 Å². The topological polar surface area (TPSA) is 51.6 Å². The molecule has 3 unspecified atom stereocenters. The lowest BCUT2D eigenvalue weighted by Gasteiger charge is -2.31. The molecule has 0 spiro atoms. The van der Waals surface area contributed by atoms with E-state index < -0.39 is 0 Å². The third kappa shape index (κ3) is 5.25. The maximum absolute atomic E-state index is 4.95. The van der Waals surface area contributed by atoms with Crippen LogP contribution in [0.15, 0.2) is 134 Å². The molecule has 2 aromatic heterocycles. The molecule has 2 aliphatic carbocycles. The number of allylic oxidation sites excluding steroid dienone is 6. The van der Waals surface area contributed by atoms with E-state index in [1.807, 2.05) is 72.9 Å². The summed E-state index contributed by atoms with van der Waals surface area (Å²) in [6.07, 6.45) is 13.5. The van der Waals surface area contributed by atoms with Crippen molar-refractivity contribution in [2.24, 2.45) is 17.3 Å². The van der Waals surface area contributed by atoms with Crippen molar-refractivity contribution in [2.75, 3.05) is 0 Å². The summed E-state index contributed by atoms with van der Waals surface area (Å²) in [7, 11) is 0. The van der Waals surface area contributed by atoms with Gasteiger partial charge in [0, 0.05) is 22.9 Å². The Bertz CT molecular complexity index is 1780. The van der Waals surface area contributed by atoms with Crippen LogP contribution in [0.3, 0.4) is 0 Å². The molecule has 0 amide bonds. The van der Waals surface area contributed by atoms with Crippen molar-refractivity contribution in [3.05, 3.63) is 145 Å². The van der Waals surface area contributed by atoms with E-state index in [4.69, 9.17) is 19.9 Å². The summed E-state index contributed by atoms with van der Waals surface area (Å²) in [4.78, 5) is 19.6. The van der Waals surface area contributed by atoms with Crippen molar-refractivity contribution in [2.45, 2.75) is 26.7 Å². The minimum Gasteiger partial charge on any atom is -0.257 e. The summed E-state index contributed by atoms with van der Waals surface area (Å²) < 4.78 is 0. The number of rotatable bonds is 7. The number of hydrogen-bond acceptors (Lipinski definition) is 4. The zero-order chi connectivity index (χ0) is 29.2. The van der Waals surface area contributed by atoms with Crippen molar-refractivity contribution in [3.8, 4) is 34.2 Å². The van der Waals surface area contributed by atoms with Crippen molar-refractivity contribution in [3.63, 3.8) is 0 Å². The molecular weight excluding hydrogens is 524 g/mol. The molecule has 210 valence electrons. The van der Waals surface area contributed by atoms with Crippen LogP contribution in [0.1, 0.15) is 37.9 Å². The predicted octanol–water partition coefficient (Wildman–Crippen LogP) is 9.36. The van der Waals surface area contributed by atoms with Gasteiger partial charge in [-0.25, -0.2) is 15.0 Å². The Morgan fingerprint density at radius 1 is 0.698 bits per heavy atom. The molecule has 4 nitrogen and oxygen atoms in total. The summed E-state index contributed by atoms with van der Waals surface area (Å²) in [5.41, 5.74) is 7.85. The maximum atomic E-state index is 4.95. The van der Waals surface area contributed by atoms with Gasteiger partial charge in [0.05, 0.1) is 5.69 Å². The van der Waals surface area contributed by atoms with Gasteiger partial charge >= 0.3 is 0 Å². The first-order valence-corrected chi connectivity index (χ1v) is 15.1. The molecule has 3 aromatic carbocycles. The fourth-order valence-corrected chi connectivity index (χ4v) is 6.59. The van der Waals surface area contributed by atoms with Gasteiger partial charge in [-0.2, -0.15) is 0 Å². The third-order valence-electron chi connectivity index (χ3n) is 8.92. The monoisotopic (exact) mass is 558 g/mol. The summed E-state index contributed by atoms with van der Waals surface area (Å²) in [6.45, 7) is 4.51. The van der Waals surface area contributed by atoms with Gasteiger partial charge in [0.1, 0.15) is 0 Å². The van der Waals surface area contributed by atoms with Crippen LogP contribution in [0, 0.1) is 17.3 Å². The first-order chi connectivity index (χ1) is 21.1. The number of aromatic nitrogens is 4. The number of pyridine rings is 1. The van der Waals surface area contributed by atoms with Gasteiger partial charge in [-0.3, -0.25) is 4.98 Å². The number of hydrogen-bond donors (Lipinski definition) is 0. The fourth-order valence-electron chi connectivity index (χ4n) is 6.59. The Morgan fingerprint density at radius 2 is 1.28 bits per heavy atom. The van der Waals surface area contributed by atoms with E-state index in [1.54, 1.807) is 0 Å². The normalized spacial score (nSPS) is 21.3. The highest BCUT2D eigenvalue weighted by atomic mass is 15.0. The van der Waals surface area contributed by atoms with Gasteiger partial charge in [0.25, 0.3) is 0 Å². The molecular formula is C39H34N4. The molecule has 0 N–H and O–H groups in total. The molecule has 1 fully saturated rings. The molecule has 2 heterocycles. The molecule has 0 saturated heterocycles. The third-order valence-corrected chi connectivity index (χ3v) is 8.92. The molecule has 0 radical (unpaired) electrons. The molecule has 1 saturated carbocycles. The van der Waals surface area contributed by atoms with Crippen molar-refractivity contribution in [1.82, 2.24) is 19.9 Å². The molecule has 5 aromatic rings. The van der Waals surface area contributed by atoms with Crippen LogP contribution in [0.4, 0.5) is 0 Å². The second-order valence-electron chi connectivity index (χ2n) is 11.6. The minimum absolute atomic E-state index is 0.203. The molecule has 0 bridgehead atoms. The quantitative estimate of drug-likeness (QED) is 0.187. The Labute approximate surface area is 253 Å². The number of benzene rings is 3. The lowest BCUT2D eigenvalue weighted by atomic mass is 9.73. The highest BCUT2D eigenvalue weighted by Crippen LogP contribution is 2.63. The van der Waals surface area contributed by atoms with E-state index >= 15 is 0 Å². The van der Waals surface area contributed by atoms with Gasteiger partial charge in [-0.05, 0) is 78.0 Å². The SMILES string of the molecule is CC=CC1(C2CC=C(c3cccc(-c4nc(-c5ccccc5)nc(-c5ccccc5)n4)c3)C=C2c2ccccn2)CC1C. The maximum Gasteiger partial charge on any atom is 0.164 e. The summed E-state index contributed by atoms with van der Waals surface area (Å²) in [5.74, 6) is 3.07. The Hall–Kier alpha value is -4.96. The van der Waals surface area contributed by atoms with Crippen LogP contribution in [-0.2, 0) is 0 Å². The van der Waals surface area contributed by atoms with Crippen LogP contribution in [0.2, 0.25) is 0 Å². The van der Waals surface area contributed by atoms with Crippen molar-refractivity contribution in [1.29, 1.82) is 0 Å². The highest BCUT2D eigenvalue weighted by Gasteiger charge is 2.55. The fraction of sp³-hybridized carbons (Fsp3) is 0.179. The van der Waals surface area contributed by atoms with Crippen molar-refractivity contribution >= 4 is 11.1 Å². The minimum atomic E-state index is 0.203. The second-order valence-corrected chi connectivity index (χ2v) is 11.6. The van der Waals surface area contributed by atoms with E-state index in [1.165, 1.54) is 17.6 Å². The smallest absolute Gasteiger partial charge is 0.164 e. The first kappa shape index (κ1) is 26.9. The second kappa shape index (κ2) is 11.4. The lowest BCUT2D eigenvalue weighted by molar-refractivity contribution is 0.438. The van der Waals surface area contributed by atoms with E-state index in [2.05, 4.69) is 74.5 Å². The molecule has 0 aliphatic heterocycles. The molecule has 2 aliphatic rings. The average Bonchev–Trinajstić information content (AvgIpc) is 3.74. The predicted molar refractivity (Wildman–Crippen MR) is 175 cm³/mol. The average molecular weight is 559 g/mol. The van der Waals surface area contributed by atoms with E-state index in [0.717, 1.165) is 34.4 Å².